The van der Waals surface area contributed by atoms with Gasteiger partial charge in [-0.1, -0.05) is 26.0 Å². The van der Waals surface area contributed by atoms with Crippen molar-refractivity contribution in [2.24, 2.45) is 0 Å². The van der Waals surface area contributed by atoms with Crippen molar-refractivity contribution in [2.75, 3.05) is 7.11 Å². The van der Waals surface area contributed by atoms with Gasteiger partial charge in [-0.2, -0.15) is 0 Å². The summed E-state index contributed by atoms with van der Waals surface area (Å²) in [6, 6.07) is 6.04. The number of hydrogen-bond donors (Lipinski definition) is 0. The molecule has 0 aromatic heterocycles. The summed E-state index contributed by atoms with van der Waals surface area (Å²) in [7, 11) is 1.69. The summed E-state index contributed by atoms with van der Waals surface area (Å²) in [6.45, 7) is 8.33. The molecule has 0 saturated heterocycles. The van der Waals surface area contributed by atoms with E-state index in [0.29, 0.717) is 5.92 Å². The van der Waals surface area contributed by atoms with Crippen LogP contribution in [0.25, 0.3) is 0 Å². The van der Waals surface area contributed by atoms with Crippen LogP contribution < -0.4 is 9.47 Å². The molecule has 0 unspecified atom stereocenters. The Kier molecular flexibility index (Phi) is 4.01. The second-order valence-corrected chi connectivity index (χ2v) is 4.20. The van der Waals surface area contributed by atoms with E-state index in [1.807, 2.05) is 26.0 Å². The van der Waals surface area contributed by atoms with E-state index in [1.54, 1.807) is 7.11 Å². The Labute approximate surface area is 92.2 Å². The number of hydrogen-bond acceptors (Lipinski definition) is 2. The summed E-state index contributed by atoms with van der Waals surface area (Å²) in [5, 5.41) is 0. The van der Waals surface area contributed by atoms with Crippen LogP contribution in [0.2, 0.25) is 0 Å². The second kappa shape index (κ2) is 5.06. The molecule has 1 aromatic carbocycles. The zero-order valence-electron chi connectivity index (χ0n) is 10.2. The van der Waals surface area contributed by atoms with E-state index < -0.39 is 0 Å². The Hall–Kier alpha value is -1.18. The Bertz CT molecular complexity index is 316. The van der Waals surface area contributed by atoms with Gasteiger partial charge in [-0.25, -0.2) is 0 Å². The maximum atomic E-state index is 5.70. The largest absolute Gasteiger partial charge is 0.493 e. The molecule has 0 N–H and O–H groups in total. The van der Waals surface area contributed by atoms with Gasteiger partial charge >= 0.3 is 0 Å². The van der Waals surface area contributed by atoms with E-state index in [9.17, 15) is 0 Å². The predicted octanol–water partition coefficient (Wildman–Crippen LogP) is 3.61. The molecule has 0 radical (unpaired) electrons. The summed E-state index contributed by atoms with van der Waals surface area (Å²) < 4.78 is 11.1. The van der Waals surface area contributed by atoms with Gasteiger partial charge in [0.15, 0.2) is 11.5 Å². The third-order valence-electron chi connectivity index (χ3n) is 2.20. The average molecular weight is 208 g/mol. The molecule has 0 spiro atoms. The number of ether oxygens (including phenoxy) is 2. The van der Waals surface area contributed by atoms with E-state index in [1.165, 1.54) is 5.56 Å². The van der Waals surface area contributed by atoms with Crippen LogP contribution in [-0.4, -0.2) is 13.2 Å². The van der Waals surface area contributed by atoms with Crippen molar-refractivity contribution in [3.63, 3.8) is 0 Å². The van der Waals surface area contributed by atoms with Crippen molar-refractivity contribution in [2.45, 2.75) is 39.7 Å². The van der Waals surface area contributed by atoms with Gasteiger partial charge in [0.05, 0.1) is 13.2 Å². The zero-order chi connectivity index (χ0) is 11.4. The lowest BCUT2D eigenvalue weighted by Crippen LogP contribution is -2.07. The lowest BCUT2D eigenvalue weighted by Gasteiger charge is -2.17. The molecule has 15 heavy (non-hydrogen) atoms. The van der Waals surface area contributed by atoms with E-state index in [4.69, 9.17) is 9.47 Å². The quantitative estimate of drug-likeness (QED) is 0.752. The van der Waals surface area contributed by atoms with E-state index in [2.05, 4.69) is 19.9 Å². The van der Waals surface area contributed by atoms with Crippen LogP contribution in [0.4, 0.5) is 0 Å². The third-order valence-corrected chi connectivity index (χ3v) is 2.20. The molecule has 0 fully saturated rings. The van der Waals surface area contributed by atoms with Crippen LogP contribution in [0.5, 0.6) is 11.5 Å². The van der Waals surface area contributed by atoms with E-state index in [0.717, 1.165) is 11.5 Å². The first-order valence-electron chi connectivity index (χ1n) is 5.39. The molecule has 0 bridgehead atoms. The molecule has 0 heterocycles. The van der Waals surface area contributed by atoms with Crippen molar-refractivity contribution in [1.82, 2.24) is 0 Å². The first-order valence-corrected chi connectivity index (χ1v) is 5.39. The fourth-order valence-electron chi connectivity index (χ4n) is 1.55. The summed E-state index contributed by atoms with van der Waals surface area (Å²) in [4.78, 5) is 0. The SMILES string of the molecule is COc1c(OC(C)C)cccc1C(C)C. The van der Waals surface area contributed by atoms with Crippen molar-refractivity contribution < 1.29 is 9.47 Å². The number of benzene rings is 1. The molecule has 0 aliphatic heterocycles. The fourth-order valence-corrected chi connectivity index (χ4v) is 1.55. The molecule has 1 aromatic rings. The molecule has 0 atom stereocenters. The second-order valence-electron chi connectivity index (χ2n) is 4.20. The molecular formula is C13H20O2. The van der Waals surface area contributed by atoms with Crippen molar-refractivity contribution >= 4 is 0 Å². The lowest BCUT2D eigenvalue weighted by atomic mass is 10.0. The summed E-state index contributed by atoms with van der Waals surface area (Å²) >= 11 is 0. The molecule has 0 aliphatic carbocycles. The molecule has 0 saturated carbocycles. The maximum absolute atomic E-state index is 5.70. The third kappa shape index (κ3) is 2.88. The zero-order valence-corrected chi connectivity index (χ0v) is 10.2. The molecular weight excluding hydrogens is 188 g/mol. The molecule has 1 rings (SSSR count). The molecule has 2 heteroatoms. The van der Waals surface area contributed by atoms with Gasteiger partial charge in [0, 0.05) is 5.56 Å². The highest BCUT2D eigenvalue weighted by Crippen LogP contribution is 2.35. The van der Waals surface area contributed by atoms with Gasteiger partial charge in [-0.3, -0.25) is 0 Å². The van der Waals surface area contributed by atoms with Crippen LogP contribution in [0.15, 0.2) is 18.2 Å². The molecule has 2 nitrogen and oxygen atoms in total. The minimum absolute atomic E-state index is 0.168. The number of methoxy groups -OCH3 is 1. The minimum atomic E-state index is 0.168. The maximum Gasteiger partial charge on any atom is 0.164 e. The predicted molar refractivity (Wildman–Crippen MR) is 62.8 cm³/mol. The highest BCUT2D eigenvalue weighted by molar-refractivity contribution is 5.48. The standard InChI is InChI=1S/C13H20O2/c1-9(2)11-7-6-8-12(13(11)14-5)15-10(3)4/h6-10H,1-5H3. The van der Waals surface area contributed by atoms with Crippen LogP contribution in [0.1, 0.15) is 39.2 Å². The minimum Gasteiger partial charge on any atom is -0.493 e. The molecule has 84 valence electrons. The smallest absolute Gasteiger partial charge is 0.164 e. The van der Waals surface area contributed by atoms with Gasteiger partial charge in [0.25, 0.3) is 0 Å². The Morgan fingerprint density at radius 3 is 2.20 bits per heavy atom. The van der Waals surface area contributed by atoms with Gasteiger partial charge in [0.2, 0.25) is 0 Å². The highest BCUT2D eigenvalue weighted by Gasteiger charge is 2.13. The number of para-hydroxylation sites is 1. The van der Waals surface area contributed by atoms with Crippen molar-refractivity contribution in [1.29, 1.82) is 0 Å². The number of rotatable bonds is 4. The van der Waals surface area contributed by atoms with Crippen molar-refractivity contribution in [3.05, 3.63) is 23.8 Å². The van der Waals surface area contributed by atoms with E-state index >= 15 is 0 Å². The van der Waals surface area contributed by atoms with Gasteiger partial charge in [0.1, 0.15) is 0 Å². The summed E-state index contributed by atoms with van der Waals surface area (Å²) in [5.41, 5.74) is 1.19. The normalized spacial score (nSPS) is 10.9. The first-order chi connectivity index (χ1) is 7.06. The summed E-state index contributed by atoms with van der Waals surface area (Å²) in [5.74, 6) is 2.13. The monoisotopic (exact) mass is 208 g/mol. The molecule has 0 aliphatic rings. The van der Waals surface area contributed by atoms with Gasteiger partial charge in [-0.15, -0.1) is 0 Å². The fraction of sp³-hybridized carbons (Fsp3) is 0.538. The van der Waals surface area contributed by atoms with E-state index in [-0.39, 0.29) is 6.10 Å². The van der Waals surface area contributed by atoms with Crippen LogP contribution in [0.3, 0.4) is 0 Å². The lowest BCUT2D eigenvalue weighted by molar-refractivity contribution is 0.229. The Balaban J connectivity index is 3.10. The first kappa shape index (κ1) is 11.9. The van der Waals surface area contributed by atoms with Crippen molar-refractivity contribution in [3.8, 4) is 11.5 Å². The van der Waals surface area contributed by atoms with Crippen LogP contribution >= 0.6 is 0 Å². The van der Waals surface area contributed by atoms with Crippen LogP contribution in [-0.2, 0) is 0 Å². The topological polar surface area (TPSA) is 18.5 Å². The summed E-state index contributed by atoms with van der Waals surface area (Å²) in [6.07, 6.45) is 0.168. The molecule has 0 amide bonds. The average Bonchev–Trinajstić information content (AvgIpc) is 2.16. The Morgan fingerprint density at radius 2 is 1.73 bits per heavy atom. The highest BCUT2D eigenvalue weighted by atomic mass is 16.5. The van der Waals surface area contributed by atoms with Crippen LogP contribution in [0, 0.1) is 0 Å². The van der Waals surface area contributed by atoms with Gasteiger partial charge < -0.3 is 9.47 Å². The Morgan fingerprint density at radius 1 is 1.07 bits per heavy atom. The van der Waals surface area contributed by atoms with Gasteiger partial charge in [-0.05, 0) is 25.8 Å².